The minimum Gasteiger partial charge on any atom is -0.340 e. The highest BCUT2D eigenvalue weighted by Crippen LogP contribution is 2.43. The van der Waals surface area contributed by atoms with E-state index in [1.807, 2.05) is 18.2 Å². The Kier molecular flexibility index (Phi) is 4.98. The lowest BCUT2D eigenvalue weighted by Crippen LogP contribution is -2.53. The molecule has 1 aromatic rings. The highest BCUT2D eigenvalue weighted by atomic mass is 35.5. The van der Waals surface area contributed by atoms with Crippen LogP contribution in [0.2, 0.25) is 5.02 Å². The highest BCUT2D eigenvalue weighted by molar-refractivity contribution is 6.30. The molecule has 1 atom stereocenters. The number of carbonyl (C=O) groups is 1. The molecule has 1 unspecified atom stereocenters. The summed E-state index contributed by atoms with van der Waals surface area (Å²) in [5.41, 5.74) is 0.763. The van der Waals surface area contributed by atoms with E-state index >= 15 is 0 Å². The smallest absolute Gasteiger partial charge is 0.233 e. The number of likely N-dealkylation sites (tertiary alicyclic amines) is 1. The molecule has 0 radical (unpaired) electrons. The fourth-order valence-corrected chi connectivity index (χ4v) is 4.44. The lowest BCUT2D eigenvalue weighted by molar-refractivity contribution is -0.139. The van der Waals surface area contributed by atoms with Gasteiger partial charge in [0.2, 0.25) is 5.91 Å². The molecule has 3 nitrogen and oxygen atoms in total. The zero-order valence-corrected chi connectivity index (χ0v) is 15.0. The van der Waals surface area contributed by atoms with Gasteiger partial charge in [0.15, 0.2) is 0 Å². The van der Waals surface area contributed by atoms with Crippen molar-refractivity contribution in [1.29, 1.82) is 0 Å². The molecule has 0 spiro atoms. The third-order valence-corrected chi connectivity index (χ3v) is 5.89. The Labute approximate surface area is 144 Å². The van der Waals surface area contributed by atoms with E-state index in [2.05, 4.69) is 30.0 Å². The molecule has 0 N–H and O–H groups in total. The Morgan fingerprint density at radius 2 is 2.00 bits per heavy atom. The van der Waals surface area contributed by atoms with Crippen molar-refractivity contribution in [2.45, 2.75) is 50.0 Å². The molecule has 1 aromatic carbocycles. The Morgan fingerprint density at radius 3 is 2.65 bits per heavy atom. The van der Waals surface area contributed by atoms with E-state index in [1.54, 1.807) is 0 Å². The molecule has 126 valence electrons. The first-order valence-electron chi connectivity index (χ1n) is 8.75. The monoisotopic (exact) mass is 334 g/mol. The van der Waals surface area contributed by atoms with Gasteiger partial charge < -0.3 is 9.80 Å². The van der Waals surface area contributed by atoms with Gasteiger partial charge in [-0.05, 0) is 57.5 Å². The average molecular weight is 335 g/mol. The van der Waals surface area contributed by atoms with Gasteiger partial charge in [0.25, 0.3) is 0 Å². The summed E-state index contributed by atoms with van der Waals surface area (Å²) in [6.07, 6.45) is 6.44. The number of carbonyl (C=O) groups excluding carboxylic acids is 1. The third kappa shape index (κ3) is 3.27. The van der Waals surface area contributed by atoms with Gasteiger partial charge in [-0.3, -0.25) is 4.79 Å². The summed E-state index contributed by atoms with van der Waals surface area (Å²) in [6.45, 7) is 1.75. The van der Waals surface area contributed by atoms with Crippen LogP contribution in [-0.2, 0) is 10.2 Å². The average Bonchev–Trinajstić information content (AvgIpc) is 3.05. The van der Waals surface area contributed by atoms with E-state index in [4.69, 9.17) is 11.6 Å². The van der Waals surface area contributed by atoms with Crippen LogP contribution in [0.15, 0.2) is 24.3 Å². The zero-order chi connectivity index (χ0) is 16.4. The van der Waals surface area contributed by atoms with Crippen LogP contribution in [0.1, 0.15) is 44.1 Å². The maximum Gasteiger partial charge on any atom is 0.233 e. The summed E-state index contributed by atoms with van der Waals surface area (Å²) < 4.78 is 0. The Balaban J connectivity index is 1.87. The van der Waals surface area contributed by atoms with Crippen molar-refractivity contribution in [2.24, 2.45) is 0 Å². The first kappa shape index (κ1) is 16.8. The minimum absolute atomic E-state index is 0.323. The quantitative estimate of drug-likeness (QED) is 0.841. The molecule has 1 amide bonds. The van der Waals surface area contributed by atoms with Gasteiger partial charge in [0, 0.05) is 24.2 Å². The summed E-state index contributed by atoms with van der Waals surface area (Å²) >= 11 is 6.21. The normalized spacial score (nSPS) is 24.2. The molecule has 1 aliphatic carbocycles. The fourth-order valence-electron chi connectivity index (χ4n) is 4.25. The maximum absolute atomic E-state index is 13.5. The number of hydrogen-bond acceptors (Lipinski definition) is 2. The maximum atomic E-state index is 13.5. The largest absolute Gasteiger partial charge is 0.340 e. The molecular formula is C19H27ClN2O. The lowest BCUT2D eigenvalue weighted by Gasteiger charge is -2.41. The van der Waals surface area contributed by atoms with Crippen molar-refractivity contribution >= 4 is 17.5 Å². The first-order chi connectivity index (χ1) is 11.0. The van der Waals surface area contributed by atoms with Crippen molar-refractivity contribution in [3.63, 3.8) is 0 Å². The van der Waals surface area contributed by atoms with Crippen LogP contribution in [0.25, 0.3) is 0 Å². The Bertz CT molecular complexity index is 566. The summed E-state index contributed by atoms with van der Waals surface area (Å²) in [5, 5.41) is 0.728. The van der Waals surface area contributed by atoms with Gasteiger partial charge in [0.05, 0.1) is 5.41 Å². The number of nitrogens with zero attached hydrogens (tertiary/aromatic N) is 2. The molecule has 1 aliphatic heterocycles. The SMILES string of the molecule is CN(C)C1CCCN(C(=O)C2(c3cccc(Cl)c3)CCCC2)C1. The van der Waals surface area contributed by atoms with Gasteiger partial charge in [0.1, 0.15) is 0 Å². The van der Waals surface area contributed by atoms with E-state index in [1.165, 1.54) is 6.42 Å². The van der Waals surface area contributed by atoms with Gasteiger partial charge in [-0.2, -0.15) is 0 Å². The van der Waals surface area contributed by atoms with Gasteiger partial charge in [-0.25, -0.2) is 0 Å². The van der Waals surface area contributed by atoms with Gasteiger partial charge in [-0.1, -0.05) is 36.6 Å². The van der Waals surface area contributed by atoms with Crippen LogP contribution in [0.5, 0.6) is 0 Å². The molecule has 1 heterocycles. The number of amides is 1. The molecule has 1 saturated heterocycles. The first-order valence-corrected chi connectivity index (χ1v) is 9.12. The molecule has 3 rings (SSSR count). The van der Waals surface area contributed by atoms with E-state index in [0.717, 1.165) is 55.8 Å². The topological polar surface area (TPSA) is 23.6 Å². The van der Waals surface area contributed by atoms with Crippen molar-refractivity contribution in [2.75, 3.05) is 27.2 Å². The van der Waals surface area contributed by atoms with Crippen molar-refractivity contribution in [3.8, 4) is 0 Å². The van der Waals surface area contributed by atoms with Crippen molar-refractivity contribution in [1.82, 2.24) is 9.80 Å². The molecule has 4 heteroatoms. The fraction of sp³-hybridized carbons (Fsp3) is 0.632. The number of piperidine rings is 1. The van der Waals surface area contributed by atoms with Crippen molar-refractivity contribution in [3.05, 3.63) is 34.9 Å². The molecule has 1 saturated carbocycles. The second kappa shape index (κ2) is 6.82. The van der Waals surface area contributed by atoms with Gasteiger partial charge >= 0.3 is 0 Å². The minimum atomic E-state index is -0.348. The zero-order valence-electron chi connectivity index (χ0n) is 14.2. The predicted molar refractivity (Wildman–Crippen MR) is 94.9 cm³/mol. The molecular weight excluding hydrogens is 308 g/mol. The molecule has 0 aromatic heterocycles. The van der Waals surface area contributed by atoms with Crippen LogP contribution in [0.3, 0.4) is 0 Å². The van der Waals surface area contributed by atoms with E-state index in [9.17, 15) is 4.79 Å². The third-order valence-electron chi connectivity index (χ3n) is 5.66. The second-order valence-corrected chi connectivity index (χ2v) is 7.75. The van der Waals surface area contributed by atoms with Gasteiger partial charge in [-0.15, -0.1) is 0 Å². The number of likely N-dealkylation sites (N-methyl/N-ethyl adjacent to an activating group) is 1. The second-order valence-electron chi connectivity index (χ2n) is 7.31. The van der Waals surface area contributed by atoms with Crippen molar-refractivity contribution < 1.29 is 4.79 Å². The van der Waals surface area contributed by atoms with Crippen LogP contribution < -0.4 is 0 Å². The van der Waals surface area contributed by atoms with E-state index in [0.29, 0.717) is 11.9 Å². The summed E-state index contributed by atoms with van der Waals surface area (Å²) in [4.78, 5) is 17.8. The standard InChI is InChI=1S/C19H27ClN2O/c1-21(2)17-9-6-12-22(14-17)18(23)19(10-3-4-11-19)15-7-5-8-16(20)13-15/h5,7-8,13,17H,3-4,6,9-12,14H2,1-2H3. The molecule has 0 bridgehead atoms. The van der Waals surface area contributed by atoms with E-state index < -0.39 is 0 Å². The predicted octanol–water partition coefficient (Wildman–Crippen LogP) is 3.70. The van der Waals surface area contributed by atoms with Crippen LogP contribution in [0, 0.1) is 0 Å². The van der Waals surface area contributed by atoms with Crippen LogP contribution in [0.4, 0.5) is 0 Å². The summed E-state index contributed by atoms with van der Waals surface area (Å²) in [6, 6.07) is 8.43. The number of benzene rings is 1. The molecule has 23 heavy (non-hydrogen) atoms. The van der Waals surface area contributed by atoms with E-state index in [-0.39, 0.29) is 5.41 Å². The number of hydrogen-bond donors (Lipinski definition) is 0. The summed E-state index contributed by atoms with van der Waals surface area (Å²) in [7, 11) is 4.22. The van der Waals surface area contributed by atoms with Crippen LogP contribution >= 0.6 is 11.6 Å². The number of rotatable bonds is 3. The molecule has 2 aliphatic rings. The number of halogens is 1. The Morgan fingerprint density at radius 1 is 1.26 bits per heavy atom. The van der Waals surface area contributed by atoms with Crippen LogP contribution in [-0.4, -0.2) is 48.9 Å². The molecule has 2 fully saturated rings. The highest BCUT2D eigenvalue weighted by Gasteiger charge is 2.45. The summed E-state index contributed by atoms with van der Waals surface area (Å²) in [5.74, 6) is 0.323. The lowest BCUT2D eigenvalue weighted by atomic mass is 9.77. The Hall–Kier alpha value is -1.06.